The van der Waals surface area contributed by atoms with Crippen LogP contribution in [-0.2, 0) is 19.3 Å². The fraction of sp³-hybridized carbons (Fsp3) is 0.788. The molecule has 0 saturated heterocycles. The van der Waals surface area contributed by atoms with Gasteiger partial charge in [0.15, 0.2) is 11.5 Å². The predicted molar refractivity (Wildman–Crippen MR) is 159 cm³/mol. The van der Waals surface area contributed by atoms with E-state index >= 15 is 0 Å². The van der Waals surface area contributed by atoms with Crippen molar-refractivity contribution in [3.05, 3.63) is 16.7 Å². The van der Waals surface area contributed by atoms with E-state index in [-0.39, 0.29) is 11.5 Å². The number of benzene rings is 1. The first-order valence-electron chi connectivity index (χ1n) is 15.9. The summed E-state index contributed by atoms with van der Waals surface area (Å²) >= 11 is 0. The van der Waals surface area contributed by atoms with Gasteiger partial charge < -0.3 is 19.7 Å². The molecule has 5 heteroatoms. The van der Waals surface area contributed by atoms with Crippen molar-refractivity contribution >= 4 is 6.16 Å². The maximum absolute atomic E-state index is 11.7. The van der Waals surface area contributed by atoms with Crippen LogP contribution >= 0.6 is 0 Å². The van der Waals surface area contributed by atoms with Crippen molar-refractivity contribution in [3.63, 3.8) is 0 Å². The summed E-state index contributed by atoms with van der Waals surface area (Å²) in [4.78, 5) is 11.7. The van der Waals surface area contributed by atoms with E-state index in [4.69, 9.17) is 9.47 Å². The molecule has 1 aromatic rings. The highest BCUT2D eigenvalue weighted by atomic mass is 16.7. The Kier molecular flexibility index (Phi) is 19.7. The third-order valence-electron chi connectivity index (χ3n) is 7.48. The smallest absolute Gasteiger partial charge is 0.504 e. The minimum Gasteiger partial charge on any atom is -0.504 e. The zero-order chi connectivity index (χ0) is 28.0. The molecule has 0 bridgehead atoms. The maximum Gasteiger partial charge on any atom is 0.511 e. The Balaban J connectivity index is 3.46. The van der Waals surface area contributed by atoms with Gasteiger partial charge in [-0.25, -0.2) is 4.79 Å². The highest BCUT2D eigenvalue weighted by molar-refractivity contribution is 5.70. The Bertz CT molecular complexity index is 758. The molecule has 0 atom stereocenters. The van der Waals surface area contributed by atoms with Gasteiger partial charge in [-0.1, -0.05) is 118 Å². The van der Waals surface area contributed by atoms with E-state index in [1.807, 2.05) is 0 Å². The molecule has 2 N–H and O–H groups in total. The monoisotopic (exact) mass is 534 g/mol. The standard InChI is InChI=1S/C33H58O5/c1-5-9-13-16-19-23-27-28(24-20-17-14-10-6-2)30(34)32(38-33(35)36)31(37-26-22-12-8-4)29(27)25-21-18-15-11-7-3/h34H,5-26H2,1-4H3,(H,35,36). The minimum atomic E-state index is -1.41. The quantitative estimate of drug-likeness (QED) is 0.0783. The number of hydrogen-bond donors (Lipinski definition) is 2. The third-order valence-corrected chi connectivity index (χ3v) is 7.48. The van der Waals surface area contributed by atoms with Crippen LogP contribution in [0.25, 0.3) is 0 Å². The van der Waals surface area contributed by atoms with Crippen LogP contribution in [0.3, 0.4) is 0 Å². The lowest BCUT2D eigenvalue weighted by Crippen LogP contribution is -2.12. The predicted octanol–water partition coefficient (Wildman–Crippen LogP) is 10.6. The molecular formula is C33H58O5. The topological polar surface area (TPSA) is 76.0 Å². The molecule has 0 aliphatic rings. The number of phenolic OH excluding ortho intramolecular Hbond substituents is 1. The lowest BCUT2D eigenvalue weighted by molar-refractivity contribution is 0.140. The van der Waals surface area contributed by atoms with Crippen LogP contribution in [0.5, 0.6) is 17.2 Å². The highest BCUT2D eigenvalue weighted by Crippen LogP contribution is 2.47. The van der Waals surface area contributed by atoms with Crippen LogP contribution in [0.1, 0.15) is 160 Å². The molecule has 38 heavy (non-hydrogen) atoms. The summed E-state index contributed by atoms with van der Waals surface area (Å²) in [7, 11) is 0. The Morgan fingerprint density at radius 2 is 0.974 bits per heavy atom. The summed E-state index contributed by atoms with van der Waals surface area (Å²) in [6.45, 7) is 9.32. The van der Waals surface area contributed by atoms with E-state index in [0.717, 1.165) is 81.8 Å². The zero-order valence-corrected chi connectivity index (χ0v) is 25.2. The zero-order valence-electron chi connectivity index (χ0n) is 25.2. The van der Waals surface area contributed by atoms with Crippen molar-refractivity contribution in [3.8, 4) is 17.2 Å². The van der Waals surface area contributed by atoms with Crippen LogP contribution in [0, 0.1) is 0 Å². The van der Waals surface area contributed by atoms with Gasteiger partial charge in [0.1, 0.15) is 0 Å². The van der Waals surface area contributed by atoms with Gasteiger partial charge in [0.25, 0.3) is 0 Å². The summed E-state index contributed by atoms with van der Waals surface area (Å²) < 4.78 is 11.5. The van der Waals surface area contributed by atoms with Crippen LogP contribution in [0.2, 0.25) is 0 Å². The second-order valence-electron chi connectivity index (χ2n) is 10.9. The summed E-state index contributed by atoms with van der Waals surface area (Å²) in [6.07, 6.45) is 21.5. The molecular weight excluding hydrogens is 476 g/mol. The molecule has 0 aliphatic heterocycles. The second-order valence-corrected chi connectivity index (χ2v) is 10.9. The van der Waals surface area contributed by atoms with Gasteiger partial charge in [-0.15, -0.1) is 0 Å². The molecule has 0 heterocycles. The maximum atomic E-state index is 11.7. The fourth-order valence-corrected chi connectivity index (χ4v) is 5.26. The van der Waals surface area contributed by atoms with E-state index in [9.17, 15) is 15.0 Å². The van der Waals surface area contributed by atoms with Crippen molar-refractivity contribution in [2.75, 3.05) is 6.61 Å². The van der Waals surface area contributed by atoms with Crippen molar-refractivity contribution in [1.82, 2.24) is 0 Å². The average Bonchev–Trinajstić information content (AvgIpc) is 2.90. The SMILES string of the molecule is CCCCCCCc1c(O)c(OC(=O)O)c(OCCCCC)c(CCCCCCC)c1CCCCCCC. The van der Waals surface area contributed by atoms with Crippen LogP contribution in [0.4, 0.5) is 4.79 Å². The Hall–Kier alpha value is -1.91. The molecule has 0 fully saturated rings. The number of aromatic hydroxyl groups is 1. The molecule has 220 valence electrons. The van der Waals surface area contributed by atoms with E-state index < -0.39 is 6.16 Å². The number of unbranched alkanes of at least 4 members (excludes halogenated alkanes) is 14. The number of carbonyl (C=O) groups is 1. The van der Waals surface area contributed by atoms with Crippen LogP contribution in [0.15, 0.2) is 0 Å². The summed E-state index contributed by atoms with van der Waals surface area (Å²) in [5.74, 6) is 0.456. The lowest BCUT2D eigenvalue weighted by Gasteiger charge is -2.24. The van der Waals surface area contributed by atoms with Gasteiger partial charge in [-0.05, 0) is 50.5 Å². The molecule has 0 spiro atoms. The molecule has 0 aromatic heterocycles. The summed E-state index contributed by atoms with van der Waals surface area (Å²) in [5, 5.41) is 21.0. The molecule has 5 nitrogen and oxygen atoms in total. The first-order chi connectivity index (χ1) is 18.5. The number of rotatable bonds is 24. The van der Waals surface area contributed by atoms with Crippen molar-refractivity contribution in [1.29, 1.82) is 0 Å². The van der Waals surface area contributed by atoms with Gasteiger partial charge in [0, 0.05) is 11.1 Å². The molecule has 1 aromatic carbocycles. The van der Waals surface area contributed by atoms with Crippen LogP contribution < -0.4 is 9.47 Å². The van der Waals surface area contributed by atoms with Gasteiger partial charge >= 0.3 is 6.16 Å². The minimum absolute atomic E-state index is 0.0100. The largest absolute Gasteiger partial charge is 0.511 e. The molecule has 0 aliphatic carbocycles. The highest BCUT2D eigenvalue weighted by Gasteiger charge is 2.27. The first-order valence-corrected chi connectivity index (χ1v) is 15.9. The van der Waals surface area contributed by atoms with Crippen molar-refractivity contribution < 1.29 is 24.5 Å². The molecule has 1 rings (SSSR count). The fourth-order valence-electron chi connectivity index (χ4n) is 5.26. The number of carboxylic acid groups (broad SMARTS) is 1. The molecule has 0 unspecified atom stereocenters. The number of ether oxygens (including phenoxy) is 2. The van der Waals surface area contributed by atoms with Crippen LogP contribution in [-0.4, -0.2) is 23.0 Å². The average molecular weight is 535 g/mol. The third kappa shape index (κ3) is 13.2. The first kappa shape index (κ1) is 34.1. The van der Waals surface area contributed by atoms with Gasteiger partial charge in [0.05, 0.1) is 6.61 Å². The molecule has 0 radical (unpaired) electrons. The summed E-state index contributed by atoms with van der Waals surface area (Å²) in [6, 6.07) is 0. The Morgan fingerprint density at radius 1 is 0.553 bits per heavy atom. The van der Waals surface area contributed by atoms with Crippen molar-refractivity contribution in [2.24, 2.45) is 0 Å². The normalized spacial score (nSPS) is 11.2. The number of phenols is 1. The molecule has 0 amide bonds. The van der Waals surface area contributed by atoms with E-state index in [2.05, 4.69) is 27.7 Å². The van der Waals surface area contributed by atoms with Gasteiger partial charge in [0.2, 0.25) is 5.75 Å². The van der Waals surface area contributed by atoms with Crippen molar-refractivity contribution in [2.45, 2.75) is 163 Å². The summed E-state index contributed by atoms with van der Waals surface area (Å²) in [5.41, 5.74) is 3.15. The Morgan fingerprint density at radius 3 is 1.45 bits per heavy atom. The van der Waals surface area contributed by atoms with E-state index in [1.165, 1.54) is 69.8 Å². The lowest BCUT2D eigenvalue weighted by atomic mass is 9.88. The second kappa shape index (κ2) is 22.0. The Labute approximate surface area is 233 Å². The molecule has 0 saturated carbocycles. The van der Waals surface area contributed by atoms with E-state index in [1.54, 1.807) is 0 Å². The van der Waals surface area contributed by atoms with Gasteiger partial charge in [-0.2, -0.15) is 0 Å². The van der Waals surface area contributed by atoms with E-state index in [0.29, 0.717) is 12.4 Å². The number of hydrogen-bond acceptors (Lipinski definition) is 4. The van der Waals surface area contributed by atoms with Gasteiger partial charge in [-0.3, -0.25) is 0 Å².